The van der Waals surface area contributed by atoms with Gasteiger partial charge in [0.25, 0.3) is 0 Å². The fourth-order valence-electron chi connectivity index (χ4n) is 4.23. The van der Waals surface area contributed by atoms with Crippen LogP contribution in [-0.2, 0) is 21.9 Å². The van der Waals surface area contributed by atoms with Crippen LogP contribution in [0.15, 0.2) is 42.7 Å². The predicted molar refractivity (Wildman–Crippen MR) is 94.8 cm³/mol. The van der Waals surface area contributed by atoms with E-state index in [1.165, 1.54) is 12.3 Å². The average Bonchev–Trinajstić information content (AvgIpc) is 3.24. The van der Waals surface area contributed by atoms with Crippen LogP contribution in [0.4, 0.5) is 32.0 Å². The third kappa shape index (κ3) is 4.11. The molecular formula is C20H16F6N2O3. The van der Waals surface area contributed by atoms with Gasteiger partial charge in [0.2, 0.25) is 5.91 Å². The van der Waals surface area contributed by atoms with Crippen LogP contribution in [0.2, 0.25) is 0 Å². The Bertz CT molecular complexity index is 993. The highest BCUT2D eigenvalue weighted by molar-refractivity contribution is 5.94. The van der Waals surface area contributed by atoms with Gasteiger partial charge in [0, 0.05) is 30.4 Å². The second kappa shape index (κ2) is 7.49. The number of aromatic nitrogens is 1. The zero-order valence-electron chi connectivity index (χ0n) is 15.6. The van der Waals surface area contributed by atoms with Crippen molar-refractivity contribution in [3.8, 4) is 0 Å². The Morgan fingerprint density at radius 2 is 1.77 bits per heavy atom. The Labute approximate surface area is 172 Å². The molecule has 5 nitrogen and oxygen atoms in total. The highest BCUT2D eigenvalue weighted by atomic mass is 19.4. The Hall–Kier alpha value is -2.66. The molecule has 2 aromatic rings. The number of rotatable bonds is 3. The largest absolute Gasteiger partial charge is 0.417 e. The summed E-state index contributed by atoms with van der Waals surface area (Å²) in [5.74, 6) is -2.65. The second-order valence-corrected chi connectivity index (χ2v) is 7.57. The van der Waals surface area contributed by atoms with Crippen molar-refractivity contribution in [3.63, 3.8) is 0 Å². The normalized spacial score (nSPS) is 28.0. The molecule has 11 heteroatoms. The number of nitrogens with one attached hydrogen (secondary N) is 1. The zero-order valence-corrected chi connectivity index (χ0v) is 15.6. The number of aliphatic hydroxyl groups excluding tert-OH is 1. The van der Waals surface area contributed by atoms with E-state index in [1.807, 2.05) is 0 Å². The van der Waals surface area contributed by atoms with Gasteiger partial charge in [0.05, 0.1) is 35.4 Å². The number of ether oxygens (including phenoxy) is 1. The van der Waals surface area contributed by atoms with E-state index in [2.05, 4.69) is 10.3 Å². The summed E-state index contributed by atoms with van der Waals surface area (Å²) in [5.41, 5.74) is -2.02. The summed E-state index contributed by atoms with van der Waals surface area (Å²) in [6, 6.07) is 4.87. The van der Waals surface area contributed by atoms with Gasteiger partial charge in [-0.15, -0.1) is 0 Å². The van der Waals surface area contributed by atoms with Crippen LogP contribution in [0.25, 0.3) is 0 Å². The highest BCUT2D eigenvalue weighted by Crippen LogP contribution is 2.49. The first-order valence-electron chi connectivity index (χ1n) is 9.29. The van der Waals surface area contributed by atoms with E-state index in [-0.39, 0.29) is 17.7 Å². The molecule has 2 fully saturated rings. The Morgan fingerprint density at radius 1 is 1.06 bits per heavy atom. The number of amides is 1. The van der Waals surface area contributed by atoms with Gasteiger partial charge >= 0.3 is 12.4 Å². The molecule has 2 aliphatic rings. The van der Waals surface area contributed by atoms with E-state index in [9.17, 15) is 36.2 Å². The quantitative estimate of drug-likeness (QED) is 0.700. The number of carbonyl (C=O) groups is 1. The molecule has 0 aliphatic carbocycles. The van der Waals surface area contributed by atoms with Crippen molar-refractivity contribution < 1.29 is 41.0 Å². The van der Waals surface area contributed by atoms with Gasteiger partial charge in [-0.05, 0) is 29.8 Å². The maximum Gasteiger partial charge on any atom is 0.417 e. The molecule has 2 N–H and O–H groups in total. The van der Waals surface area contributed by atoms with Crippen LogP contribution in [0, 0.1) is 5.92 Å². The predicted octanol–water partition coefficient (Wildman–Crippen LogP) is 3.99. The molecule has 1 aromatic carbocycles. The molecule has 0 saturated carbocycles. The number of halogens is 6. The Morgan fingerprint density at radius 3 is 2.45 bits per heavy atom. The summed E-state index contributed by atoms with van der Waals surface area (Å²) in [6.07, 6.45) is -10.1. The Balaban J connectivity index is 1.63. The number of pyridine rings is 1. The number of aliphatic hydroxyl groups is 1. The molecule has 1 aromatic heterocycles. The van der Waals surface area contributed by atoms with Gasteiger partial charge < -0.3 is 15.2 Å². The lowest BCUT2D eigenvalue weighted by molar-refractivity contribution is -0.138. The molecule has 166 valence electrons. The van der Waals surface area contributed by atoms with Crippen molar-refractivity contribution in [1.82, 2.24) is 4.98 Å². The minimum atomic E-state index is -4.66. The van der Waals surface area contributed by atoms with Crippen LogP contribution < -0.4 is 5.32 Å². The van der Waals surface area contributed by atoms with E-state index in [4.69, 9.17) is 4.74 Å². The number of anilines is 1. The van der Waals surface area contributed by atoms with Crippen molar-refractivity contribution in [2.24, 2.45) is 5.92 Å². The molecule has 3 heterocycles. The first-order valence-corrected chi connectivity index (χ1v) is 9.29. The zero-order chi connectivity index (χ0) is 22.6. The third-order valence-corrected chi connectivity index (χ3v) is 5.56. The van der Waals surface area contributed by atoms with Crippen LogP contribution >= 0.6 is 0 Å². The number of hydrogen-bond acceptors (Lipinski definition) is 4. The maximum atomic E-state index is 13.1. The number of nitrogens with zero attached hydrogens (tertiary/aromatic N) is 1. The molecule has 0 radical (unpaired) electrons. The van der Waals surface area contributed by atoms with Crippen LogP contribution in [0.5, 0.6) is 0 Å². The fraction of sp³-hybridized carbons (Fsp3) is 0.400. The van der Waals surface area contributed by atoms with E-state index in [1.54, 1.807) is 0 Å². The third-order valence-electron chi connectivity index (χ3n) is 5.56. The average molecular weight is 446 g/mol. The minimum absolute atomic E-state index is 0.0604. The number of benzene rings is 1. The highest BCUT2D eigenvalue weighted by Gasteiger charge is 2.57. The van der Waals surface area contributed by atoms with E-state index < -0.39 is 59.5 Å². The molecular weight excluding hydrogens is 430 g/mol. The van der Waals surface area contributed by atoms with Gasteiger partial charge in [-0.2, -0.15) is 26.3 Å². The molecule has 31 heavy (non-hydrogen) atoms. The van der Waals surface area contributed by atoms with Gasteiger partial charge in [0.1, 0.15) is 0 Å². The van der Waals surface area contributed by atoms with Crippen molar-refractivity contribution >= 4 is 11.6 Å². The number of carbonyl (C=O) groups excluding carboxylic acids is 1. The van der Waals surface area contributed by atoms with Crippen LogP contribution in [-0.4, -0.2) is 34.3 Å². The van der Waals surface area contributed by atoms with Crippen molar-refractivity contribution in [3.05, 3.63) is 59.4 Å². The molecule has 2 aliphatic heterocycles. The Kier molecular flexibility index (Phi) is 5.21. The molecule has 5 atom stereocenters. The second-order valence-electron chi connectivity index (χ2n) is 7.57. The number of fused-ring (bicyclic) bond motifs is 2. The summed E-state index contributed by atoms with van der Waals surface area (Å²) < 4.78 is 83.7. The number of alkyl halides is 6. The van der Waals surface area contributed by atoms with Gasteiger partial charge in [-0.1, -0.05) is 6.07 Å². The maximum absolute atomic E-state index is 13.1. The molecule has 0 spiro atoms. The standard InChI is InChI=1S/C20H16F6N2O3/c21-19(22,23)10-2-1-3-12(5-10)28-18(30)16-14-6-13(29)17(31-14)15(16)9-4-11(8-27-7-9)20(24,25)26/h1-5,7-8,13-17,29H,6H2,(H,28,30)/t13-,14+,15+,16-,17-/m0/s1. The number of hydrogen-bond donors (Lipinski definition) is 2. The first-order chi connectivity index (χ1) is 14.4. The SMILES string of the molecule is O=C(Nc1cccc(C(F)(F)F)c1)[C@@H]1[C@@H](c2cncc(C(F)(F)F)c2)[C@H]2O[C@@H]1C[C@@H]2O. The van der Waals surface area contributed by atoms with E-state index in [0.717, 1.165) is 24.3 Å². The lowest BCUT2D eigenvalue weighted by Gasteiger charge is -2.30. The molecule has 4 rings (SSSR count). The monoisotopic (exact) mass is 446 g/mol. The molecule has 0 unspecified atom stereocenters. The molecule has 2 bridgehead atoms. The van der Waals surface area contributed by atoms with E-state index in [0.29, 0.717) is 6.20 Å². The topological polar surface area (TPSA) is 71.5 Å². The lowest BCUT2D eigenvalue weighted by Crippen LogP contribution is -2.41. The van der Waals surface area contributed by atoms with Crippen molar-refractivity contribution in [2.75, 3.05) is 5.32 Å². The smallest absolute Gasteiger partial charge is 0.390 e. The fourth-order valence-corrected chi connectivity index (χ4v) is 4.23. The molecule has 2 saturated heterocycles. The summed E-state index contributed by atoms with van der Waals surface area (Å²) in [4.78, 5) is 16.5. The van der Waals surface area contributed by atoms with Gasteiger partial charge in [0.15, 0.2) is 0 Å². The van der Waals surface area contributed by atoms with Crippen LogP contribution in [0.3, 0.4) is 0 Å². The minimum Gasteiger partial charge on any atom is -0.390 e. The first kappa shape index (κ1) is 21.6. The summed E-state index contributed by atoms with van der Waals surface area (Å²) in [6.45, 7) is 0. The summed E-state index contributed by atoms with van der Waals surface area (Å²) in [5, 5.41) is 12.6. The summed E-state index contributed by atoms with van der Waals surface area (Å²) >= 11 is 0. The van der Waals surface area contributed by atoms with Crippen molar-refractivity contribution in [1.29, 1.82) is 0 Å². The lowest BCUT2D eigenvalue weighted by atomic mass is 9.74. The summed E-state index contributed by atoms with van der Waals surface area (Å²) in [7, 11) is 0. The van der Waals surface area contributed by atoms with E-state index >= 15 is 0 Å². The van der Waals surface area contributed by atoms with Gasteiger partial charge in [-0.25, -0.2) is 0 Å². The van der Waals surface area contributed by atoms with Gasteiger partial charge in [-0.3, -0.25) is 9.78 Å². The molecule has 1 amide bonds. The van der Waals surface area contributed by atoms with Crippen molar-refractivity contribution in [2.45, 2.75) is 43.0 Å². The van der Waals surface area contributed by atoms with Crippen LogP contribution in [0.1, 0.15) is 29.0 Å².